The van der Waals surface area contributed by atoms with E-state index in [9.17, 15) is 23.1 Å². The molecule has 3 heterocycles. The van der Waals surface area contributed by atoms with Crippen molar-refractivity contribution in [2.45, 2.75) is 31.7 Å². The Morgan fingerprint density at radius 1 is 1.32 bits per heavy atom. The van der Waals surface area contributed by atoms with Crippen molar-refractivity contribution in [3.05, 3.63) is 30.1 Å². The third kappa shape index (κ3) is 3.13. The smallest absolute Gasteiger partial charge is 0.379 e. The summed E-state index contributed by atoms with van der Waals surface area (Å²) in [6.45, 7) is 3.78. The van der Waals surface area contributed by atoms with Crippen LogP contribution >= 0.6 is 0 Å². The highest BCUT2D eigenvalue weighted by Crippen LogP contribution is 2.44. The molecule has 0 radical (unpaired) electrons. The van der Waals surface area contributed by atoms with Gasteiger partial charge in [0, 0.05) is 43.6 Å². The van der Waals surface area contributed by atoms with Crippen molar-refractivity contribution in [1.29, 1.82) is 0 Å². The molecule has 1 unspecified atom stereocenters. The molecule has 1 aromatic rings. The molecule has 3 rings (SSSR count). The summed E-state index contributed by atoms with van der Waals surface area (Å²) in [7, 11) is 0. The van der Waals surface area contributed by atoms with Crippen LogP contribution < -0.4 is 5.32 Å². The van der Waals surface area contributed by atoms with Crippen molar-refractivity contribution >= 4 is 5.91 Å². The Kier molecular flexibility index (Phi) is 4.53. The average Bonchev–Trinajstić information content (AvgIpc) is 2.99. The Labute approximate surface area is 144 Å². The second kappa shape index (κ2) is 6.25. The van der Waals surface area contributed by atoms with Crippen LogP contribution in [0.4, 0.5) is 13.2 Å². The Hall–Kier alpha value is -1.67. The lowest BCUT2D eigenvalue weighted by Crippen LogP contribution is -2.60. The molecule has 25 heavy (non-hydrogen) atoms. The van der Waals surface area contributed by atoms with E-state index in [1.54, 1.807) is 17.0 Å². The minimum Gasteiger partial charge on any atom is -0.379 e. The third-order valence-electron chi connectivity index (χ3n) is 5.54. The molecule has 0 saturated carbocycles. The van der Waals surface area contributed by atoms with Gasteiger partial charge in [0.25, 0.3) is 5.91 Å². The Balaban J connectivity index is 1.77. The molecule has 1 amide bonds. The first-order chi connectivity index (χ1) is 11.6. The van der Waals surface area contributed by atoms with Gasteiger partial charge in [0.1, 0.15) is 0 Å². The number of piperidine rings is 1. The highest BCUT2D eigenvalue weighted by Gasteiger charge is 2.61. The maximum absolute atomic E-state index is 13.2. The number of hydrogen-bond donors (Lipinski definition) is 2. The minimum absolute atomic E-state index is 0.117. The van der Waals surface area contributed by atoms with Crippen LogP contribution in [0, 0.1) is 17.8 Å². The van der Waals surface area contributed by atoms with Crippen LogP contribution in [-0.2, 0) is 0 Å². The molecule has 5 nitrogen and oxygen atoms in total. The van der Waals surface area contributed by atoms with E-state index in [4.69, 9.17) is 0 Å². The summed E-state index contributed by atoms with van der Waals surface area (Å²) in [5.41, 5.74) is -2.27. The topological polar surface area (TPSA) is 65.5 Å². The van der Waals surface area contributed by atoms with Crippen molar-refractivity contribution in [1.82, 2.24) is 15.2 Å². The summed E-state index contributed by atoms with van der Waals surface area (Å²) < 4.78 is 39.7. The number of hydrogen-bond acceptors (Lipinski definition) is 4. The zero-order chi connectivity index (χ0) is 18.4. The number of carbonyl (C=O) groups excluding carboxylic acids is 1. The van der Waals surface area contributed by atoms with Crippen molar-refractivity contribution < 1.29 is 23.1 Å². The molecule has 2 aliphatic rings. The van der Waals surface area contributed by atoms with E-state index in [-0.39, 0.29) is 23.7 Å². The second-order valence-corrected chi connectivity index (χ2v) is 7.29. The van der Waals surface area contributed by atoms with Gasteiger partial charge in [-0.2, -0.15) is 13.2 Å². The van der Waals surface area contributed by atoms with Gasteiger partial charge in [0.05, 0.1) is 0 Å². The zero-order valence-electron chi connectivity index (χ0n) is 14.1. The molecule has 2 saturated heterocycles. The molecule has 2 aliphatic heterocycles. The van der Waals surface area contributed by atoms with E-state index in [1.165, 1.54) is 12.4 Å². The molecule has 0 bridgehead atoms. The monoisotopic (exact) mass is 357 g/mol. The molecular weight excluding hydrogens is 335 g/mol. The van der Waals surface area contributed by atoms with Crippen LogP contribution in [0.15, 0.2) is 24.5 Å². The predicted molar refractivity (Wildman–Crippen MR) is 84.8 cm³/mol. The van der Waals surface area contributed by atoms with Crippen LogP contribution in [0.1, 0.15) is 24.2 Å². The van der Waals surface area contributed by atoms with Crippen molar-refractivity contribution in [3.63, 3.8) is 0 Å². The number of nitrogens with zero attached hydrogens (tertiary/aromatic N) is 2. The summed E-state index contributed by atoms with van der Waals surface area (Å²) in [6, 6.07) is 2.19. The number of rotatable bonds is 2. The largest absolute Gasteiger partial charge is 0.418 e. The molecule has 1 aromatic heterocycles. The van der Waals surface area contributed by atoms with Gasteiger partial charge < -0.3 is 15.3 Å². The fraction of sp³-hybridized carbons (Fsp3) is 0.647. The average molecular weight is 357 g/mol. The molecule has 0 aliphatic carbocycles. The summed E-state index contributed by atoms with van der Waals surface area (Å²) in [5, 5.41) is 12.9. The van der Waals surface area contributed by atoms with Crippen LogP contribution in [0.2, 0.25) is 0 Å². The van der Waals surface area contributed by atoms with Gasteiger partial charge in [-0.15, -0.1) is 0 Å². The molecule has 0 aromatic carbocycles. The first-order valence-electron chi connectivity index (χ1n) is 8.34. The highest BCUT2D eigenvalue weighted by atomic mass is 19.4. The molecule has 8 heteroatoms. The van der Waals surface area contributed by atoms with Gasteiger partial charge >= 0.3 is 6.18 Å². The maximum atomic E-state index is 13.2. The van der Waals surface area contributed by atoms with Gasteiger partial charge in [-0.1, -0.05) is 6.92 Å². The number of nitrogens with one attached hydrogen (secondary N) is 1. The number of likely N-dealkylation sites (tertiary alicyclic amines) is 1. The van der Waals surface area contributed by atoms with Gasteiger partial charge in [-0.05, 0) is 36.8 Å². The first-order valence-corrected chi connectivity index (χ1v) is 8.34. The van der Waals surface area contributed by atoms with Gasteiger partial charge in [-0.25, -0.2) is 0 Å². The van der Waals surface area contributed by atoms with Crippen LogP contribution in [0.3, 0.4) is 0 Å². The minimum atomic E-state index is -4.71. The van der Waals surface area contributed by atoms with Crippen molar-refractivity contribution in [2.24, 2.45) is 17.8 Å². The Bertz CT molecular complexity index is 636. The lowest BCUT2D eigenvalue weighted by atomic mass is 9.72. The van der Waals surface area contributed by atoms with Gasteiger partial charge in [0.15, 0.2) is 5.60 Å². The molecule has 0 spiro atoms. The lowest BCUT2D eigenvalue weighted by Gasteiger charge is -2.44. The number of halogens is 3. The van der Waals surface area contributed by atoms with E-state index in [0.29, 0.717) is 25.2 Å². The Morgan fingerprint density at radius 2 is 1.96 bits per heavy atom. The zero-order valence-corrected chi connectivity index (χ0v) is 14.1. The number of aromatic nitrogens is 1. The Morgan fingerprint density at radius 3 is 2.56 bits per heavy atom. The quantitative estimate of drug-likeness (QED) is 0.846. The predicted octanol–water partition coefficient (Wildman–Crippen LogP) is 1.69. The summed E-state index contributed by atoms with van der Waals surface area (Å²) in [6.07, 6.45) is -1.63. The highest BCUT2D eigenvalue weighted by molar-refractivity contribution is 5.94. The molecule has 2 fully saturated rings. The number of carbonyl (C=O) groups is 1. The molecule has 2 N–H and O–H groups in total. The molecule has 138 valence electrons. The van der Waals surface area contributed by atoms with Crippen LogP contribution in [-0.4, -0.2) is 58.4 Å². The SMILES string of the molecule is C[C@H]1CN(C(=O)c2ccncc2)CC2CN[C@H]([C@@](C)(O)C(F)(F)F)[C@@H]21. The van der Waals surface area contributed by atoms with E-state index in [1.807, 2.05) is 6.92 Å². The fourth-order valence-electron chi connectivity index (χ4n) is 4.22. The third-order valence-corrected chi connectivity index (χ3v) is 5.54. The lowest BCUT2D eigenvalue weighted by molar-refractivity contribution is -0.267. The molecular formula is C17H22F3N3O2. The van der Waals surface area contributed by atoms with Crippen LogP contribution in [0.5, 0.6) is 0 Å². The summed E-state index contributed by atoms with van der Waals surface area (Å²) >= 11 is 0. The fourth-order valence-corrected chi connectivity index (χ4v) is 4.22. The van der Waals surface area contributed by atoms with E-state index < -0.39 is 17.8 Å². The van der Waals surface area contributed by atoms with Crippen molar-refractivity contribution in [2.75, 3.05) is 19.6 Å². The van der Waals surface area contributed by atoms with E-state index in [2.05, 4.69) is 10.3 Å². The second-order valence-electron chi connectivity index (χ2n) is 7.29. The van der Waals surface area contributed by atoms with Gasteiger partial charge in [-0.3, -0.25) is 9.78 Å². The van der Waals surface area contributed by atoms with Gasteiger partial charge in [0.2, 0.25) is 0 Å². The first kappa shape index (κ1) is 18.1. The standard InChI is InChI=1S/C17H22F3N3O2/c1-10-8-23(15(24)11-3-5-21-6-4-11)9-12-7-22-14(13(10)12)16(2,25)17(18,19)20/h3-6,10,12-14,22,25H,7-9H2,1-2H3/t10-,12?,13+,14-,16+/m0/s1. The number of alkyl halides is 3. The number of amides is 1. The molecule has 5 atom stereocenters. The van der Waals surface area contributed by atoms with Crippen LogP contribution in [0.25, 0.3) is 0 Å². The van der Waals surface area contributed by atoms with E-state index >= 15 is 0 Å². The van der Waals surface area contributed by atoms with E-state index in [0.717, 1.165) is 6.92 Å². The summed E-state index contributed by atoms with van der Waals surface area (Å²) in [5.74, 6) is -0.747. The number of pyridine rings is 1. The normalized spacial score (nSPS) is 32.2. The number of aliphatic hydroxyl groups is 1. The summed E-state index contributed by atoms with van der Waals surface area (Å²) in [4.78, 5) is 18.2. The maximum Gasteiger partial charge on any atom is 0.418 e. The van der Waals surface area contributed by atoms with Crippen molar-refractivity contribution in [3.8, 4) is 0 Å². The number of fused-ring (bicyclic) bond motifs is 1.